The number of halogens is 4. The predicted octanol–water partition coefficient (Wildman–Crippen LogP) is 3.67. The number of hydrogen-bond acceptors (Lipinski definition) is 8. The first-order valence-corrected chi connectivity index (χ1v) is 14.5. The van der Waals surface area contributed by atoms with E-state index in [2.05, 4.69) is 65.3 Å². The number of ether oxygens (including phenoxy) is 1. The monoisotopic (exact) mass is 836 g/mol. The molecule has 4 aromatic heterocycles. The molecule has 11 nitrogen and oxygen atoms in total. The Morgan fingerprint density at radius 2 is 1.21 bits per heavy atom. The quantitative estimate of drug-likeness (QED) is 0.121. The number of aromatic nitrogens is 6. The van der Waals surface area contributed by atoms with Gasteiger partial charge in [-0.05, 0) is 106 Å². The summed E-state index contributed by atoms with van der Waals surface area (Å²) in [6.45, 7) is 0. The van der Waals surface area contributed by atoms with Crippen molar-refractivity contribution in [1.82, 2.24) is 29.5 Å². The summed E-state index contributed by atoms with van der Waals surface area (Å²) in [6.07, 6.45) is 0. The number of fused-ring (bicyclic) bond motifs is 2. The van der Waals surface area contributed by atoms with E-state index in [1.165, 1.54) is 11.8 Å². The third kappa shape index (κ3) is 7.48. The first-order valence-electron chi connectivity index (χ1n) is 11.6. The van der Waals surface area contributed by atoms with Crippen molar-refractivity contribution in [3.8, 4) is 11.4 Å². The molecule has 6 rings (SSSR count). The van der Waals surface area contributed by atoms with E-state index in [4.69, 9.17) is 27.9 Å². The summed E-state index contributed by atoms with van der Waals surface area (Å²) in [4.78, 5) is 31.6. The number of benzene rings is 2. The molecule has 43 heavy (non-hydrogen) atoms. The minimum Gasteiger partial charge on any atom is -0.870 e. The fourth-order valence-electron chi connectivity index (χ4n) is 3.93. The van der Waals surface area contributed by atoms with Crippen LogP contribution in [0.15, 0.2) is 72.8 Å². The number of hydrogen-bond donors (Lipinski definition) is 1. The maximum atomic E-state index is 11.9. The molecular formula is C27H17Cl2I2LiN6O5. The number of rotatable bonds is 4. The molecule has 0 aliphatic heterocycles. The molecule has 2 aromatic carbocycles. The van der Waals surface area contributed by atoms with E-state index < -0.39 is 11.9 Å². The second kappa shape index (κ2) is 14.8. The third-order valence-corrected chi connectivity index (χ3v) is 7.44. The van der Waals surface area contributed by atoms with Gasteiger partial charge in [0.1, 0.15) is 10.3 Å². The Kier molecular flexibility index (Phi) is 11.9. The van der Waals surface area contributed by atoms with Gasteiger partial charge in [0.2, 0.25) is 0 Å². The predicted molar refractivity (Wildman–Crippen MR) is 173 cm³/mol. The summed E-state index contributed by atoms with van der Waals surface area (Å²) in [6, 6.07) is 21.8. The Bertz CT molecular complexity index is 1970. The van der Waals surface area contributed by atoms with E-state index in [9.17, 15) is 14.7 Å². The maximum Gasteiger partial charge on any atom is 1.00 e. The van der Waals surface area contributed by atoms with Crippen LogP contribution in [0.1, 0.15) is 21.0 Å². The molecule has 2 N–H and O–H groups in total. The van der Waals surface area contributed by atoms with Crippen LogP contribution in [0.2, 0.25) is 10.3 Å². The van der Waals surface area contributed by atoms with Crippen molar-refractivity contribution in [3.05, 3.63) is 102 Å². The molecule has 0 saturated carbocycles. The van der Waals surface area contributed by atoms with Gasteiger partial charge in [0.15, 0.2) is 22.7 Å². The van der Waals surface area contributed by atoms with Gasteiger partial charge in [0.05, 0.1) is 29.3 Å². The molecule has 16 heteroatoms. The Hall–Kier alpha value is -2.78. The van der Waals surface area contributed by atoms with Crippen molar-refractivity contribution in [2.24, 2.45) is 0 Å². The van der Waals surface area contributed by atoms with E-state index in [0.717, 1.165) is 18.5 Å². The average molecular weight is 837 g/mol. The first kappa shape index (κ1) is 34.7. The SMILES string of the molecule is COC(=O)c1nn(-c2cccc(I)c2)c2nc(Cl)ccc12.O=C(O)c1nn(-c2cccc(I)c2)c2nc(Cl)ccc12.[Li+].[OH-]. The fraction of sp³-hybridized carbons (Fsp3) is 0.0370. The molecule has 0 spiro atoms. The summed E-state index contributed by atoms with van der Waals surface area (Å²) in [5.74, 6) is -1.60. The minimum atomic E-state index is -1.09. The van der Waals surface area contributed by atoms with E-state index in [1.54, 1.807) is 28.9 Å². The normalized spacial score (nSPS) is 10.3. The van der Waals surface area contributed by atoms with Crippen LogP contribution in [-0.4, -0.2) is 59.2 Å². The molecule has 6 aromatic rings. The van der Waals surface area contributed by atoms with Crippen LogP contribution >= 0.6 is 68.4 Å². The Morgan fingerprint density at radius 1 is 0.767 bits per heavy atom. The number of carbonyl (C=O) groups excluding carboxylic acids is 1. The number of esters is 1. The van der Waals surface area contributed by atoms with Crippen LogP contribution in [0.4, 0.5) is 0 Å². The number of pyridine rings is 2. The zero-order valence-electron chi connectivity index (χ0n) is 22.2. The Balaban J connectivity index is 0.000000225. The average Bonchev–Trinajstić information content (AvgIpc) is 3.51. The largest absolute Gasteiger partial charge is 1.00 e. The maximum absolute atomic E-state index is 11.9. The molecule has 0 fully saturated rings. The van der Waals surface area contributed by atoms with E-state index in [0.29, 0.717) is 32.4 Å². The second-order valence-corrected chi connectivity index (χ2v) is 11.6. The van der Waals surface area contributed by atoms with Gasteiger partial charge in [0, 0.05) is 7.14 Å². The molecule has 4 heterocycles. The molecule has 0 bridgehead atoms. The standard InChI is InChI=1S/C14H9ClIN3O2.C13H7ClIN3O2.Li.H2O/c1-21-14(20)12-10-5-6-11(15)17-13(10)19(18-12)9-4-2-3-8(16)7-9;14-10-5-4-9-11(13(19)20)17-18(12(9)16-10)8-3-1-2-7(15)6-8;;/h2-7H,1H3;1-6H,(H,19,20);;1H2/q;;+1;/p-1. The van der Waals surface area contributed by atoms with Gasteiger partial charge in [-0.3, -0.25) is 0 Å². The van der Waals surface area contributed by atoms with Gasteiger partial charge < -0.3 is 15.3 Å². The number of methoxy groups -OCH3 is 1. The minimum absolute atomic E-state index is 0. The smallest absolute Gasteiger partial charge is 0.870 e. The number of aromatic carboxylic acids is 1. The molecule has 0 aliphatic carbocycles. The molecule has 214 valence electrons. The summed E-state index contributed by atoms with van der Waals surface area (Å²) in [5, 5.41) is 19.4. The number of carboxylic acids is 1. The van der Waals surface area contributed by atoms with Crippen molar-refractivity contribution in [2.45, 2.75) is 0 Å². The Labute approximate surface area is 293 Å². The van der Waals surface area contributed by atoms with Gasteiger partial charge in [-0.1, -0.05) is 35.3 Å². The molecule has 0 amide bonds. The number of nitrogens with zero attached hydrogens (tertiary/aromatic N) is 6. The molecule has 0 unspecified atom stereocenters. The second-order valence-electron chi connectivity index (χ2n) is 8.29. The topological polar surface area (TPSA) is 155 Å². The van der Waals surface area contributed by atoms with Crippen LogP contribution in [0, 0.1) is 7.14 Å². The van der Waals surface area contributed by atoms with Crippen molar-refractivity contribution < 1.29 is 43.8 Å². The Morgan fingerprint density at radius 3 is 1.63 bits per heavy atom. The van der Waals surface area contributed by atoms with Crippen molar-refractivity contribution in [1.29, 1.82) is 0 Å². The summed E-state index contributed by atoms with van der Waals surface area (Å²) in [5.41, 5.74) is 2.67. The van der Waals surface area contributed by atoms with Crippen molar-refractivity contribution in [3.63, 3.8) is 0 Å². The molecule has 0 radical (unpaired) electrons. The first-order chi connectivity index (χ1) is 19.7. The summed E-state index contributed by atoms with van der Waals surface area (Å²) < 4.78 is 9.92. The van der Waals surface area contributed by atoms with Gasteiger partial charge in [-0.15, -0.1) is 0 Å². The molecule has 0 aliphatic rings. The van der Waals surface area contributed by atoms with E-state index in [1.807, 2.05) is 48.5 Å². The molecule has 0 atom stereocenters. The van der Waals surface area contributed by atoms with Gasteiger partial charge in [-0.2, -0.15) is 10.2 Å². The summed E-state index contributed by atoms with van der Waals surface area (Å²) >= 11 is 16.2. The van der Waals surface area contributed by atoms with Crippen LogP contribution in [-0.2, 0) is 4.74 Å². The van der Waals surface area contributed by atoms with Gasteiger partial charge >= 0.3 is 30.8 Å². The molecular weight excluding hydrogens is 820 g/mol. The fourth-order valence-corrected chi connectivity index (χ4v) is 5.27. The molecule has 0 saturated heterocycles. The third-order valence-electron chi connectivity index (χ3n) is 5.68. The zero-order chi connectivity index (χ0) is 29.3. The van der Waals surface area contributed by atoms with E-state index in [-0.39, 0.29) is 35.7 Å². The zero-order valence-corrected chi connectivity index (χ0v) is 28.1. The van der Waals surface area contributed by atoms with Crippen molar-refractivity contribution >= 4 is 102 Å². The van der Waals surface area contributed by atoms with Gasteiger partial charge in [0.25, 0.3) is 0 Å². The van der Waals surface area contributed by atoms with Gasteiger partial charge in [-0.25, -0.2) is 28.9 Å². The van der Waals surface area contributed by atoms with E-state index >= 15 is 0 Å². The van der Waals surface area contributed by atoms with Crippen molar-refractivity contribution in [2.75, 3.05) is 7.11 Å². The van der Waals surface area contributed by atoms with Crippen LogP contribution in [0.3, 0.4) is 0 Å². The van der Waals surface area contributed by atoms with Crippen LogP contribution in [0.25, 0.3) is 33.4 Å². The number of carbonyl (C=O) groups is 2. The number of carboxylic acid groups (broad SMARTS) is 1. The summed E-state index contributed by atoms with van der Waals surface area (Å²) in [7, 11) is 1.32. The van der Waals surface area contributed by atoms with Crippen LogP contribution < -0.4 is 18.9 Å². The van der Waals surface area contributed by atoms with Crippen LogP contribution in [0.5, 0.6) is 0 Å².